The maximum absolute atomic E-state index is 11.2. The smallest absolute Gasteiger partial charge is 0.209 e. The van der Waals surface area contributed by atoms with Gasteiger partial charge in [-0.25, -0.2) is 9.48 Å². The van der Waals surface area contributed by atoms with Crippen LogP contribution in [-0.2, 0) is 4.79 Å². The van der Waals surface area contributed by atoms with Crippen LogP contribution in [0.4, 0.5) is 0 Å². The van der Waals surface area contributed by atoms with Crippen LogP contribution in [-0.4, -0.2) is 29.0 Å². The molecule has 0 aromatic carbocycles. The maximum Gasteiger partial charge on any atom is 0.209 e. The maximum atomic E-state index is 11.2. The molecule has 0 saturated carbocycles. The molecule has 32 heavy (non-hydrogen) atoms. The number of amidine groups is 1. The molecule has 0 radical (unpaired) electrons. The number of quaternary nitrogens is 1. The molecular weight excluding hydrogens is 398 g/mol. The highest BCUT2D eigenvalue weighted by molar-refractivity contribution is 5.81. The van der Waals surface area contributed by atoms with Crippen molar-refractivity contribution in [1.82, 2.24) is 0 Å². The molecule has 5 nitrogen and oxygen atoms in total. The van der Waals surface area contributed by atoms with Crippen molar-refractivity contribution < 1.29 is 14.4 Å². The highest BCUT2D eigenvalue weighted by Crippen LogP contribution is 2.22. The Labute approximate surface area is 197 Å². The first-order chi connectivity index (χ1) is 15.5. The van der Waals surface area contributed by atoms with Crippen molar-refractivity contribution in [3.63, 3.8) is 0 Å². The molecule has 1 aliphatic heterocycles. The molecule has 1 rings (SSSR count). The van der Waals surface area contributed by atoms with Gasteiger partial charge >= 0.3 is 0 Å². The lowest BCUT2D eigenvalue weighted by Gasteiger charge is -2.36. The zero-order chi connectivity index (χ0) is 23.5. The molecule has 0 amide bonds. The van der Waals surface area contributed by atoms with Crippen molar-refractivity contribution in [2.75, 3.05) is 6.54 Å². The van der Waals surface area contributed by atoms with E-state index in [0.29, 0.717) is 0 Å². The van der Waals surface area contributed by atoms with E-state index in [2.05, 4.69) is 24.1 Å². The van der Waals surface area contributed by atoms with Gasteiger partial charge in [0.2, 0.25) is 5.84 Å². The fourth-order valence-corrected chi connectivity index (χ4v) is 4.48. The van der Waals surface area contributed by atoms with Crippen LogP contribution < -0.4 is 10.8 Å². The average molecular weight is 448 g/mol. The number of aliphatic imine (C=N–C) groups is 1. The van der Waals surface area contributed by atoms with Crippen molar-refractivity contribution in [3.8, 4) is 0 Å². The van der Waals surface area contributed by atoms with Crippen LogP contribution >= 0.6 is 0 Å². The molecule has 0 aromatic heterocycles. The Morgan fingerprint density at radius 2 is 1.44 bits per heavy atom. The molecule has 2 N–H and O–H groups in total. The summed E-state index contributed by atoms with van der Waals surface area (Å²) < 4.78 is 0.0785. The van der Waals surface area contributed by atoms with Gasteiger partial charge in [-0.2, -0.15) is 0 Å². The average Bonchev–Trinajstić information content (AvgIpc) is 3.16. The van der Waals surface area contributed by atoms with E-state index in [0.717, 1.165) is 25.1 Å². The molecule has 2 unspecified atom stereocenters. The highest BCUT2D eigenvalue weighted by atomic mass is 16.4. The number of carbonyl (C=O) groups excluding carboxylic acids is 1. The number of carbonyl (C=O) groups is 1. The van der Waals surface area contributed by atoms with Gasteiger partial charge in [0.15, 0.2) is 0 Å². The Balaban J connectivity index is 1.98. The summed E-state index contributed by atoms with van der Waals surface area (Å²) >= 11 is 0. The summed E-state index contributed by atoms with van der Waals surface area (Å²) in [5.74, 6) is -0.291. The van der Waals surface area contributed by atoms with Gasteiger partial charge in [0.05, 0.1) is 12.2 Å². The van der Waals surface area contributed by atoms with Gasteiger partial charge in [0.1, 0.15) is 18.9 Å². The van der Waals surface area contributed by atoms with Gasteiger partial charge < -0.3 is 9.90 Å². The van der Waals surface area contributed by atoms with Crippen LogP contribution in [0.1, 0.15) is 123 Å². The Morgan fingerprint density at radius 3 is 1.94 bits per heavy atom. The van der Waals surface area contributed by atoms with Crippen LogP contribution in [0.25, 0.3) is 0 Å². The second kappa shape index (κ2) is 18.0. The number of rotatable bonds is 21. The molecule has 0 spiro atoms. The largest absolute Gasteiger partial charge is 0.544 e. The number of nitrogens with zero attached hydrogens (tertiary/aromatic N) is 2. The zero-order valence-corrected chi connectivity index (χ0v) is 20.9. The third-order valence-corrected chi connectivity index (χ3v) is 6.58. The second-order valence-electron chi connectivity index (χ2n) is 9.44. The molecule has 0 bridgehead atoms. The first kappa shape index (κ1) is 28.6. The molecule has 0 aromatic rings. The van der Waals surface area contributed by atoms with Crippen LogP contribution in [0.5, 0.6) is 0 Å². The number of carboxylic acids is 1. The lowest BCUT2D eigenvalue weighted by Crippen LogP contribution is -2.60. The first-order valence-electron chi connectivity index (χ1n) is 13.3. The molecule has 2 atom stereocenters. The summed E-state index contributed by atoms with van der Waals surface area (Å²) in [6, 6.07) is 0. The van der Waals surface area contributed by atoms with Crippen molar-refractivity contribution in [3.05, 3.63) is 24.6 Å². The highest BCUT2D eigenvalue weighted by Gasteiger charge is 2.38. The minimum atomic E-state index is -1.10. The predicted octanol–water partition coefficient (Wildman–Crippen LogP) is 5.95. The number of hydrogen-bond acceptors (Lipinski definition) is 4. The van der Waals surface area contributed by atoms with E-state index >= 15 is 0 Å². The topological polar surface area (TPSA) is 78.5 Å². The predicted molar refractivity (Wildman–Crippen MR) is 134 cm³/mol. The molecule has 0 fully saturated rings. The van der Waals surface area contributed by atoms with E-state index < -0.39 is 5.97 Å². The number of carboxylic acid groups (broad SMARTS) is 1. The van der Waals surface area contributed by atoms with Crippen LogP contribution in [0.15, 0.2) is 29.5 Å². The Bertz CT molecular complexity index is 583. The van der Waals surface area contributed by atoms with Gasteiger partial charge in [0.25, 0.3) is 0 Å². The minimum Gasteiger partial charge on any atom is -0.544 e. The van der Waals surface area contributed by atoms with E-state index in [4.69, 9.17) is 5.73 Å². The van der Waals surface area contributed by atoms with Gasteiger partial charge in [-0.1, -0.05) is 103 Å². The van der Waals surface area contributed by atoms with E-state index in [9.17, 15) is 9.90 Å². The van der Waals surface area contributed by atoms with E-state index in [1.807, 2.05) is 6.92 Å². The van der Waals surface area contributed by atoms with E-state index in [-0.39, 0.29) is 17.2 Å². The van der Waals surface area contributed by atoms with E-state index in [1.54, 1.807) is 12.4 Å². The van der Waals surface area contributed by atoms with Gasteiger partial charge in [-0.15, -0.1) is 0 Å². The Morgan fingerprint density at radius 1 is 0.938 bits per heavy atom. The summed E-state index contributed by atoms with van der Waals surface area (Å²) in [6.07, 6.45) is 29.7. The second-order valence-corrected chi connectivity index (χ2v) is 9.44. The Hall–Kier alpha value is -1.46. The van der Waals surface area contributed by atoms with Crippen molar-refractivity contribution >= 4 is 11.8 Å². The van der Waals surface area contributed by atoms with E-state index in [1.165, 1.54) is 89.9 Å². The molecule has 1 aliphatic rings. The summed E-state index contributed by atoms with van der Waals surface area (Å²) in [7, 11) is 0. The first-order valence-corrected chi connectivity index (χ1v) is 13.3. The van der Waals surface area contributed by atoms with Crippen molar-refractivity contribution in [2.24, 2.45) is 10.7 Å². The van der Waals surface area contributed by atoms with Crippen molar-refractivity contribution in [2.45, 2.75) is 129 Å². The summed E-state index contributed by atoms with van der Waals surface area (Å²) in [6.45, 7) is 3.94. The zero-order valence-electron chi connectivity index (χ0n) is 20.9. The number of unbranched alkanes of at least 4 members (excludes halogenated alkanes) is 14. The minimum absolute atomic E-state index is 0.0785. The molecule has 5 heteroatoms. The molecule has 0 aliphatic carbocycles. The normalized spacial score (nSPS) is 19.0. The quantitative estimate of drug-likeness (QED) is 0.134. The molecular formula is C27H49N3O2. The lowest BCUT2D eigenvalue weighted by molar-refractivity contribution is -0.808. The third kappa shape index (κ3) is 12.0. The summed E-state index contributed by atoms with van der Waals surface area (Å²) in [5.41, 5.74) is 6.07. The fourth-order valence-electron chi connectivity index (χ4n) is 4.48. The van der Waals surface area contributed by atoms with Gasteiger partial charge in [-0.3, -0.25) is 5.73 Å². The summed E-state index contributed by atoms with van der Waals surface area (Å²) in [5, 5.41) is 11.2. The standard InChI is InChI=1S/C27H49N3O2/c1-3-4-5-6-7-8-9-10-11-12-13-14-15-16-17-18-19-20-21-26-29-22-23-30(26,25(2)28)24-27(31)32/h18-19,22-23,25H,3-17,20-21,24,28H2,1-2H3/b19-18+. The van der Waals surface area contributed by atoms with Crippen LogP contribution in [0, 0.1) is 0 Å². The molecule has 184 valence electrons. The number of allylic oxidation sites excluding steroid dienone is 2. The third-order valence-electron chi connectivity index (χ3n) is 6.58. The molecule has 0 saturated heterocycles. The van der Waals surface area contributed by atoms with Gasteiger partial charge in [0, 0.05) is 13.3 Å². The van der Waals surface area contributed by atoms with Crippen LogP contribution in [0.3, 0.4) is 0 Å². The number of hydrogen-bond donors (Lipinski definition) is 1. The summed E-state index contributed by atoms with van der Waals surface area (Å²) in [4.78, 5) is 15.5. The SMILES string of the molecule is CCCCCCCCCCCCCCCC/C=C/CCC1=NC=C[N+]1(CC(=O)[O-])C(C)N. The monoisotopic (exact) mass is 447 g/mol. The fraction of sp³-hybridized carbons (Fsp3) is 0.778. The molecule has 1 heterocycles. The van der Waals surface area contributed by atoms with Gasteiger partial charge in [-0.05, 0) is 19.3 Å². The van der Waals surface area contributed by atoms with Crippen LogP contribution in [0.2, 0.25) is 0 Å². The lowest BCUT2D eigenvalue weighted by atomic mass is 10.0. The number of nitrogens with two attached hydrogens (primary N) is 1. The Kier molecular flexibility index (Phi) is 16.1. The van der Waals surface area contributed by atoms with Crippen molar-refractivity contribution in [1.29, 1.82) is 0 Å². The number of aliphatic carboxylic acids is 1.